The van der Waals surface area contributed by atoms with Crippen LogP contribution in [0.4, 0.5) is 0 Å². The Kier molecular flexibility index (Phi) is 2.87. The van der Waals surface area contributed by atoms with Crippen molar-refractivity contribution in [2.24, 2.45) is 0 Å². The van der Waals surface area contributed by atoms with E-state index in [1.165, 1.54) is 6.20 Å². The van der Waals surface area contributed by atoms with Gasteiger partial charge in [0.2, 0.25) is 0 Å². The van der Waals surface area contributed by atoms with Crippen LogP contribution in [0.2, 0.25) is 0 Å². The molecule has 5 heteroatoms. The average Bonchev–Trinajstić information content (AvgIpc) is 2.75. The molecule has 16 heavy (non-hydrogen) atoms. The van der Waals surface area contributed by atoms with Crippen molar-refractivity contribution in [3.8, 4) is 0 Å². The lowest BCUT2D eigenvalue weighted by Gasteiger charge is -2.09. The summed E-state index contributed by atoms with van der Waals surface area (Å²) in [7, 11) is 0. The molecule has 0 spiro atoms. The Morgan fingerprint density at radius 2 is 2.44 bits per heavy atom. The number of ether oxygens (including phenoxy) is 1. The number of carbonyl (C=O) groups excluding carboxylic acids is 1. The van der Waals surface area contributed by atoms with Gasteiger partial charge in [0.1, 0.15) is 0 Å². The van der Waals surface area contributed by atoms with Gasteiger partial charge in [-0.25, -0.2) is 4.79 Å². The van der Waals surface area contributed by atoms with E-state index in [0.717, 1.165) is 5.39 Å². The molecule has 0 aliphatic carbocycles. The fourth-order valence-corrected chi connectivity index (χ4v) is 1.42. The molecular formula is C11H11NO4. The number of esters is 1. The Hall–Kier alpha value is -1.88. The summed E-state index contributed by atoms with van der Waals surface area (Å²) in [6.45, 7) is 1.93. The molecule has 0 aliphatic rings. The van der Waals surface area contributed by atoms with Crippen molar-refractivity contribution in [1.82, 2.24) is 5.16 Å². The first-order valence-electron chi connectivity index (χ1n) is 4.91. The van der Waals surface area contributed by atoms with E-state index < -0.39 is 12.1 Å². The van der Waals surface area contributed by atoms with Crippen molar-refractivity contribution in [3.05, 3.63) is 30.0 Å². The minimum atomic E-state index is -1.26. The van der Waals surface area contributed by atoms with Crippen LogP contribution in [-0.4, -0.2) is 22.8 Å². The summed E-state index contributed by atoms with van der Waals surface area (Å²) in [6, 6.07) is 4.91. The lowest BCUT2D eigenvalue weighted by molar-refractivity contribution is -0.153. The van der Waals surface area contributed by atoms with Gasteiger partial charge < -0.3 is 14.4 Å². The van der Waals surface area contributed by atoms with Crippen LogP contribution in [-0.2, 0) is 9.53 Å². The number of aliphatic hydroxyl groups is 1. The molecule has 1 N–H and O–H groups in total. The maximum atomic E-state index is 11.3. The fraction of sp³-hybridized carbons (Fsp3) is 0.273. The van der Waals surface area contributed by atoms with Crippen molar-refractivity contribution in [3.63, 3.8) is 0 Å². The zero-order chi connectivity index (χ0) is 11.5. The highest BCUT2D eigenvalue weighted by molar-refractivity contribution is 5.81. The van der Waals surface area contributed by atoms with Crippen molar-refractivity contribution < 1.29 is 19.2 Å². The molecule has 0 amide bonds. The van der Waals surface area contributed by atoms with E-state index in [9.17, 15) is 9.90 Å². The number of aliphatic hydroxyl groups excluding tert-OH is 1. The van der Waals surface area contributed by atoms with Crippen molar-refractivity contribution in [2.75, 3.05) is 6.61 Å². The monoisotopic (exact) mass is 221 g/mol. The number of carbonyl (C=O) groups is 1. The van der Waals surface area contributed by atoms with Crippen LogP contribution < -0.4 is 0 Å². The first-order chi connectivity index (χ1) is 7.72. The van der Waals surface area contributed by atoms with E-state index in [-0.39, 0.29) is 6.61 Å². The average molecular weight is 221 g/mol. The number of hydrogen-bond donors (Lipinski definition) is 1. The van der Waals surface area contributed by atoms with E-state index in [2.05, 4.69) is 5.16 Å². The molecule has 0 aliphatic heterocycles. The van der Waals surface area contributed by atoms with Gasteiger partial charge in [0.25, 0.3) is 0 Å². The van der Waals surface area contributed by atoms with Gasteiger partial charge in [-0.1, -0.05) is 11.2 Å². The summed E-state index contributed by atoms with van der Waals surface area (Å²) in [4.78, 5) is 11.3. The van der Waals surface area contributed by atoms with E-state index in [4.69, 9.17) is 9.26 Å². The Morgan fingerprint density at radius 1 is 1.62 bits per heavy atom. The largest absolute Gasteiger partial charge is 0.464 e. The first kappa shape index (κ1) is 10.6. The maximum Gasteiger partial charge on any atom is 0.339 e. The number of nitrogens with zero attached hydrogens (tertiary/aromatic N) is 1. The predicted molar refractivity (Wildman–Crippen MR) is 55.6 cm³/mol. The minimum absolute atomic E-state index is 0.241. The molecule has 0 radical (unpaired) electrons. The van der Waals surface area contributed by atoms with Gasteiger partial charge in [0.15, 0.2) is 11.7 Å². The third-order valence-electron chi connectivity index (χ3n) is 2.20. The van der Waals surface area contributed by atoms with Gasteiger partial charge in [0.05, 0.1) is 12.8 Å². The van der Waals surface area contributed by atoms with Gasteiger partial charge in [-0.05, 0) is 24.6 Å². The van der Waals surface area contributed by atoms with Crippen molar-refractivity contribution in [2.45, 2.75) is 13.0 Å². The molecule has 1 aromatic heterocycles. The predicted octanol–water partition coefficient (Wildman–Crippen LogP) is 1.42. The minimum Gasteiger partial charge on any atom is -0.464 e. The van der Waals surface area contributed by atoms with Crippen molar-refractivity contribution in [1.29, 1.82) is 0 Å². The number of benzene rings is 1. The second-order valence-corrected chi connectivity index (χ2v) is 3.28. The zero-order valence-corrected chi connectivity index (χ0v) is 8.71. The molecular weight excluding hydrogens is 210 g/mol. The van der Waals surface area contributed by atoms with Crippen LogP contribution in [0.25, 0.3) is 11.0 Å². The highest BCUT2D eigenvalue weighted by atomic mass is 16.5. The molecule has 5 nitrogen and oxygen atoms in total. The van der Waals surface area contributed by atoms with Crippen LogP contribution in [0.1, 0.15) is 18.6 Å². The standard InChI is InChI=1S/C11H11NO4/c1-2-15-11(14)10(13)7-3-4-9-8(5-7)6-12-16-9/h3-6,10,13H,2H2,1H3. The summed E-state index contributed by atoms with van der Waals surface area (Å²) in [5.41, 5.74) is 1.08. The Morgan fingerprint density at radius 3 is 3.19 bits per heavy atom. The summed E-state index contributed by atoms with van der Waals surface area (Å²) < 4.78 is 9.64. The second kappa shape index (κ2) is 4.32. The van der Waals surface area contributed by atoms with E-state index >= 15 is 0 Å². The maximum absolute atomic E-state index is 11.3. The van der Waals surface area contributed by atoms with Gasteiger partial charge in [-0.2, -0.15) is 0 Å². The van der Waals surface area contributed by atoms with Gasteiger partial charge in [-0.15, -0.1) is 0 Å². The SMILES string of the molecule is CCOC(=O)C(O)c1ccc2oncc2c1. The number of rotatable bonds is 3. The van der Waals surface area contributed by atoms with E-state index in [1.54, 1.807) is 25.1 Å². The van der Waals surface area contributed by atoms with Gasteiger partial charge in [-0.3, -0.25) is 0 Å². The second-order valence-electron chi connectivity index (χ2n) is 3.28. The molecule has 2 aromatic rings. The molecule has 1 atom stereocenters. The van der Waals surface area contributed by atoms with Crippen LogP contribution in [0.5, 0.6) is 0 Å². The lowest BCUT2D eigenvalue weighted by atomic mass is 10.1. The molecule has 0 bridgehead atoms. The Balaban J connectivity index is 2.28. The molecule has 0 fully saturated rings. The topological polar surface area (TPSA) is 72.6 Å². The molecule has 0 saturated heterocycles. The van der Waals surface area contributed by atoms with Gasteiger partial charge >= 0.3 is 5.97 Å². The molecule has 1 heterocycles. The van der Waals surface area contributed by atoms with Crippen molar-refractivity contribution >= 4 is 16.9 Å². The third kappa shape index (κ3) is 1.90. The Bertz CT molecular complexity index is 505. The highest BCUT2D eigenvalue weighted by Gasteiger charge is 2.19. The lowest BCUT2D eigenvalue weighted by Crippen LogP contribution is -2.15. The molecule has 84 valence electrons. The summed E-state index contributed by atoms with van der Waals surface area (Å²) in [6.07, 6.45) is 0.260. The Labute approximate surface area is 91.6 Å². The first-order valence-corrected chi connectivity index (χ1v) is 4.91. The summed E-state index contributed by atoms with van der Waals surface area (Å²) in [5.74, 6) is -0.654. The quantitative estimate of drug-likeness (QED) is 0.793. The molecule has 1 unspecified atom stereocenters. The van der Waals surface area contributed by atoms with E-state index in [1.807, 2.05) is 0 Å². The van der Waals surface area contributed by atoms with Crippen LogP contribution in [0, 0.1) is 0 Å². The molecule has 1 aromatic carbocycles. The number of fused-ring (bicyclic) bond motifs is 1. The van der Waals surface area contributed by atoms with Crippen LogP contribution in [0.15, 0.2) is 28.9 Å². The smallest absolute Gasteiger partial charge is 0.339 e. The van der Waals surface area contributed by atoms with E-state index in [0.29, 0.717) is 11.1 Å². The molecule has 2 rings (SSSR count). The fourth-order valence-electron chi connectivity index (χ4n) is 1.42. The number of hydrogen-bond acceptors (Lipinski definition) is 5. The van der Waals surface area contributed by atoms with Crippen LogP contribution in [0.3, 0.4) is 0 Å². The highest BCUT2D eigenvalue weighted by Crippen LogP contribution is 2.20. The third-order valence-corrected chi connectivity index (χ3v) is 2.20. The van der Waals surface area contributed by atoms with Gasteiger partial charge in [0, 0.05) is 5.39 Å². The van der Waals surface area contributed by atoms with Crippen LogP contribution >= 0.6 is 0 Å². The zero-order valence-electron chi connectivity index (χ0n) is 8.71. The molecule has 0 saturated carbocycles. The normalized spacial score (nSPS) is 12.6. The summed E-state index contributed by atoms with van der Waals surface area (Å²) >= 11 is 0. The summed E-state index contributed by atoms with van der Waals surface area (Å²) in [5, 5.41) is 14.0. The number of aromatic nitrogens is 1.